The second kappa shape index (κ2) is 9.33. The first-order valence-corrected chi connectivity index (χ1v) is 9.20. The molecule has 0 aliphatic heterocycles. The maximum absolute atomic E-state index is 13.4. The van der Waals surface area contributed by atoms with Gasteiger partial charge >= 0.3 is 6.18 Å². The van der Waals surface area contributed by atoms with Gasteiger partial charge < -0.3 is 20.7 Å². The SMILES string of the molecule is CNC(=O)c1ccc(Nc2ncc(C(F)(F)F)c(NCc3ccc(OC)cc3)n2)cc1. The van der Waals surface area contributed by atoms with Gasteiger partial charge in [-0.05, 0) is 42.0 Å². The van der Waals surface area contributed by atoms with Crippen LogP contribution >= 0.6 is 0 Å². The number of nitrogens with zero attached hydrogens (tertiary/aromatic N) is 2. The van der Waals surface area contributed by atoms with Crippen LogP contribution in [0.4, 0.5) is 30.6 Å². The van der Waals surface area contributed by atoms with Gasteiger partial charge in [-0.25, -0.2) is 4.98 Å². The molecule has 1 amide bonds. The molecule has 2 aromatic carbocycles. The van der Waals surface area contributed by atoms with Crippen LogP contribution in [0.15, 0.2) is 54.7 Å². The molecule has 0 aliphatic carbocycles. The fourth-order valence-electron chi connectivity index (χ4n) is 2.69. The minimum atomic E-state index is -4.62. The second-order valence-corrected chi connectivity index (χ2v) is 6.44. The Bertz CT molecular complexity index is 1040. The van der Waals surface area contributed by atoms with E-state index in [9.17, 15) is 18.0 Å². The number of benzene rings is 2. The smallest absolute Gasteiger partial charge is 0.421 e. The number of aromatic nitrogens is 2. The molecule has 3 rings (SSSR count). The van der Waals surface area contributed by atoms with E-state index < -0.39 is 11.7 Å². The van der Waals surface area contributed by atoms with E-state index in [1.807, 2.05) is 0 Å². The van der Waals surface area contributed by atoms with Gasteiger partial charge in [0.05, 0.1) is 7.11 Å². The van der Waals surface area contributed by atoms with Crippen molar-refractivity contribution in [3.8, 4) is 5.75 Å². The van der Waals surface area contributed by atoms with Crippen molar-refractivity contribution >= 4 is 23.4 Å². The maximum atomic E-state index is 13.4. The van der Waals surface area contributed by atoms with Crippen molar-refractivity contribution in [1.82, 2.24) is 15.3 Å². The number of methoxy groups -OCH3 is 1. The lowest BCUT2D eigenvalue weighted by molar-refractivity contribution is -0.137. The van der Waals surface area contributed by atoms with E-state index >= 15 is 0 Å². The third-order valence-corrected chi connectivity index (χ3v) is 4.34. The summed E-state index contributed by atoms with van der Waals surface area (Å²) >= 11 is 0. The fourth-order valence-corrected chi connectivity index (χ4v) is 2.69. The molecule has 0 bridgehead atoms. The normalized spacial score (nSPS) is 11.0. The Morgan fingerprint density at radius 1 is 1.06 bits per heavy atom. The van der Waals surface area contributed by atoms with E-state index in [2.05, 4.69) is 25.9 Å². The Morgan fingerprint density at radius 3 is 2.32 bits per heavy atom. The number of ether oxygens (including phenoxy) is 1. The molecular weight excluding hydrogens is 411 g/mol. The molecule has 0 saturated carbocycles. The zero-order valence-corrected chi connectivity index (χ0v) is 16.7. The van der Waals surface area contributed by atoms with Crippen LogP contribution in [0.3, 0.4) is 0 Å². The van der Waals surface area contributed by atoms with Crippen LogP contribution in [0.1, 0.15) is 21.5 Å². The van der Waals surface area contributed by atoms with Gasteiger partial charge in [0.25, 0.3) is 5.91 Å². The number of hydrogen-bond donors (Lipinski definition) is 3. The molecule has 3 aromatic rings. The Hall–Kier alpha value is -3.82. The van der Waals surface area contributed by atoms with Crippen molar-refractivity contribution in [3.63, 3.8) is 0 Å². The number of carbonyl (C=O) groups is 1. The zero-order valence-electron chi connectivity index (χ0n) is 16.7. The largest absolute Gasteiger partial charge is 0.497 e. The molecular formula is C21H20F3N5O2. The predicted octanol–water partition coefficient (Wildman–Crippen LogP) is 4.22. The lowest BCUT2D eigenvalue weighted by Crippen LogP contribution is -2.17. The molecule has 0 spiro atoms. The quantitative estimate of drug-likeness (QED) is 0.519. The van der Waals surface area contributed by atoms with E-state index in [4.69, 9.17) is 4.74 Å². The Balaban J connectivity index is 1.80. The molecule has 31 heavy (non-hydrogen) atoms. The lowest BCUT2D eigenvalue weighted by Gasteiger charge is -2.15. The summed E-state index contributed by atoms with van der Waals surface area (Å²) in [6.07, 6.45) is -3.89. The van der Waals surface area contributed by atoms with Crippen LogP contribution in [0.5, 0.6) is 5.75 Å². The third-order valence-electron chi connectivity index (χ3n) is 4.34. The number of carbonyl (C=O) groups excluding carboxylic acids is 1. The number of rotatable bonds is 7. The molecule has 0 aliphatic rings. The van der Waals surface area contributed by atoms with Crippen molar-refractivity contribution in [2.24, 2.45) is 0 Å². The fraction of sp³-hybridized carbons (Fsp3) is 0.190. The number of alkyl halides is 3. The van der Waals surface area contributed by atoms with Crippen molar-refractivity contribution in [2.45, 2.75) is 12.7 Å². The predicted molar refractivity (Wildman–Crippen MR) is 110 cm³/mol. The van der Waals surface area contributed by atoms with Gasteiger partial charge in [0.1, 0.15) is 17.1 Å². The van der Waals surface area contributed by atoms with Crippen molar-refractivity contribution < 1.29 is 22.7 Å². The van der Waals surface area contributed by atoms with E-state index in [0.29, 0.717) is 17.0 Å². The monoisotopic (exact) mass is 431 g/mol. The standard InChI is InChI=1S/C21H20F3N5O2/c1-25-19(30)14-5-7-15(8-6-14)28-20-27-12-17(21(22,23)24)18(29-20)26-11-13-3-9-16(31-2)10-4-13/h3-10,12H,11H2,1-2H3,(H,25,30)(H2,26,27,28,29). The van der Waals surface area contributed by atoms with Gasteiger partial charge in [0.2, 0.25) is 5.95 Å². The van der Waals surface area contributed by atoms with Crippen molar-refractivity contribution in [2.75, 3.05) is 24.8 Å². The van der Waals surface area contributed by atoms with Crippen LogP contribution in [-0.2, 0) is 12.7 Å². The second-order valence-electron chi connectivity index (χ2n) is 6.44. The molecule has 0 saturated heterocycles. The number of anilines is 3. The van der Waals surface area contributed by atoms with Crippen molar-refractivity contribution in [3.05, 3.63) is 71.4 Å². The highest BCUT2D eigenvalue weighted by molar-refractivity contribution is 5.94. The highest BCUT2D eigenvalue weighted by Gasteiger charge is 2.35. The zero-order chi connectivity index (χ0) is 22.4. The summed E-state index contributed by atoms with van der Waals surface area (Å²) in [4.78, 5) is 19.4. The Labute approximate surface area is 176 Å². The molecule has 162 valence electrons. The first-order chi connectivity index (χ1) is 14.8. The summed E-state index contributed by atoms with van der Waals surface area (Å²) in [6, 6.07) is 13.3. The van der Waals surface area contributed by atoms with Gasteiger partial charge in [0.15, 0.2) is 0 Å². The van der Waals surface area contributed by atoms with Gasteiger partial charge in [0, 0.05) is 31.0 Å². The summed E-state index contributed by atoms with van der Waals surface area (Å²) in [5.41, 5.74) is 0.755. The molecule has 0 unspecified atom stereocenters. The molecule has 7 nitrogen and oxygen atoms in total. The van der Waals surface area contributed by atoms with Gasteiger partial charge in [-0.15, -0.1) is 0 Å². The average molecular weight is 431 g/mol. The summed E-state index contributed by atoms with van der Waals surface area (Å²) in [5, 5.41) is 8.08. The molecule has 0 radical (unpaired) electrons. The molecule has 1 aromatic heterocycles. The Morgan fingerprint density at radius 2 is 1.74 bits per heavy atom. The molecule has 1 heterocycles. The van der Waals surface area contributed by atoms with Crippen LogP contribution in [0.25, 0.3) is 0 Å². The highest BCUT2D eigenvalue weighted by Crippen LogP contribution is 2.34. The molecule has 10 heteroatoms. The molecule has 3 N–H and O–H groups in total. The number of halogens is 3. The van der Waals surface area contributed by atoms with Gasteiger partial charge in [-0.3, -0.25) is 4.79 Å². The first kappa shape index (κ1) is 21.9. The minimum absolute atomic E-state index is 0.0158. The highest BCUT2D eigenvalue weighted by atomic mass is 19.4. The van der Waals surface area contributed by atoms with Crippen molar-refractivity contribution in [1.29, 1.82) is 0 Å². The van der Waals surface area contributed by atoms with Crippen LogP contribution < -0.4 is 20.7 Å². The van der Waals surface area contributed by atoms with Crippen LogP contribution in [0, 0.1) is 0 Å². The minimum Gasteiger partial charge on any atom is -0.497 e. The van der Waals surface area contributed by atoms with Gasteiger partial charge in [-0.2, -0.15) is 18.2 Å². The number of nitrogens with one attached hydrogen (secondary N) is 3. The molecule has 0 fully saturated rings. The summed E-state index contributed by atoms with van der Waals surface area (Å²) in [5.74, 6) is 0.0405. The summed E-state index contributed by atoms with van der Waals surface area (Å²) < 4.78 is 45.2. The Kier molecular flexibility index (Phi) is 6.58. The average Bonchev–Trinajstić information content (AvgIpc) is 2.77. The summed E-state index contributed by atoms with van der Waals surface area (Å²) in [6.45, 7) is 0.129. The maximum Gasteiger partial charge on any atom is 0.421 e. The number of hydrogen-bond acceptors (Lipinski definition) is 6. The van der Waals surface area contributed by atoms with E-state index in [0.717, 1.165) is 11.8 Å². The molecule has 0 atom stereocenters. The third kappa shape index (κ3) is 5.62. The van der Waals surface area contributed by atoms with Crippen LogP contribution in [-0.4, -0.2) is 30.0 Å². The van der Waals surface area contributed by atoms with E-state index in [1.165, 1.54) is 14.2 Å². The number of amides is 1. The van der Waals surface area contributed by atoms with E-state index in [-0.39, 0.29) is 24.2 Å². The first-order valence-electron chi connectivity index (χ1n) is 9.20. The van der Waals surface area contributed by atoms with E-state index in [1.54, 1.807) is 48.5 Å². The summed E-state index contributed by atoms with van der Waals surface area (Å²) in [7, 11) is 3.05. The van der Waals surface area contributed by atoms with Crippen LogP contribution in [0.2, 0.25) is 0 Å². The topological polar surface area (TPSA) is 88.2 Å². The van der Waals surface area contributed by atoms with Gasteiger partial charge in [-0.1, -0.05) is 12.1 Å². The lowest BCUT2D eigenvalue weighted by atomic mass is 10.2.